The van der Waals surface area contributed by atoms with Crippen molar-refractivity contribution < 1.29 is 13.2 Å². The average molecular weight is 297 g/mol. The lowest BCUT2D eigenvalue weighted by atomic mass is 10.2. The summed E-state index contributed by atoms with van der Waals surface area (Å²) in [4.78, 5) is 4.31. The third-order valence-corrected chi connectivity index (χ3v) is 3.73. The van der Waals surface area contributed by atoms with Gasteiger partial charge in [0.05, 0.1) is 0 Å². The molecule has 0 aromatic carbocycles. The third-order valence-electron chi connectivity index (χ3n) is 3.73. The van der Waals surface area contributed by atoms with Crippen LogP contribution >= 0.6 is 0 Å². The Balaban J connectivity index is 1.74. The van der Waals surface area contributed by atoms with Crippen molar-refractivity contribution in [2.45, 2.75) is 51.0 Å². The second-order valence-electron chi connectivity index (χ2n) is 5.60. The van der Waals surface area contributed by atoms with Gasteiger partial charge in [-0.3, -0.25) is 0 Å². The molecule has 0 radical (unpaired) electrons. The number of hydrogen-bond acceptors (Lipinski definition) is 2. The summed E-state index contributed by atoms with van der Waals surface area (Å²) >= 11 is 0. The average Bonchev–Trinajstić information content (AvgIpc) is 3.19. The minimum Gasteiger partial charge on any atom is -0.332 e. The first-order valence-electron chi connectivity index (χ1n) is 7.26. The maximum atomic E-state index is 12.3. The quantitative estimate of drug-likeness (QED) is 0.882. The molecule has 6 heteroatoms. The lowest BCUT2D eigenvalue weighted by molar-refractivity contribution is -0.135. The maximum absolute atomic E-state index is 12.3. The molecule has 1 aliphatic rings. The highest BCUT2D eigenvalue weighted by molar-refractivity contribution is 5.80. The molecule has 3 nitrogen and oxygen atoms in total. The molecule has 3 rings (SSSR count). The molecule has 2 aromatic rings. The van der Waals surface area contributed by atoms with Gasteiger partial charge in [-0.05, 0) is 37.0 Å². The van der Waals surface area contributed by atoms with Crippen molar-refractivity contribution in [2.75, 3.05) is 0 Å². The van der Waals surface area contributed by atoms with Crippen LogP contribution in [0.3, 0.4) is 0 Å². The van der Waals surface area contributed by atoms with Crippen LogP contribution in [0.1, 0.15) is 31.2 Å². The fraction of sp³-hybridized carbons (Fsp3) is 0.533. The smallest absolute Gasteiger partial charge is 0.332 e. The zero-order valence-corrected chi connectivity index (χ0v) is 11.7. The van der Waals surface area contributed by atoms with Gasteiger partial charge in [-0.1, -0.05) is 0 Å². The molecule has 0 aliphatic heterocycles. The monoisotopic (exact) mass is 297 g/mol. The van der Waals surface area contributed by atoms with Crippen molar-refractivity contribution in [3.63, 3.8) is 0 Å². The normalized spacial score (nSPS) is 15.8. The maximum Gasteiger partial charge on any atom is 0.389 e. The van der Waals surface area contributed by atoms with E-state index in [2.05, 4.69) is 10.3 Å². The van der Waals surface area contributed by atoms with Crippen molar-refractivity contribution in [1.82, 2.24) is 14.9 Å². The number of aromatic nitrogens is 2. The van der Waals surface area contributed by atoms with Gasteiger partial charge in [0, 0.05) is 43.3 Å². The van der Waals surface area contributed by atoms with E-state index >= 15 is 0 Å². The van der Waals surface area contributed by atoms with Crippen LogP contribution in [-0.2, 0) is 13.1 Å². The summed E-state index contributed by atoms with van der Waals surface area (Å²) in [7, 11) is 0. The summed E-state index contributed by atoms with van der Waals surface area (Å²) in [5.74, 6) is 0. The number of nitrogens with one attached hydrogen (secondary N) is 1. The van der Waals surface area contributed by atoms with E-state index in [4.69, 9.17) is 0 Å². The molecule has 2 aromatic heterocycles. The van der Waals surface area contributed by atoms with Gasteiger partial charge >= 0.3 is 6.18 Å². The first kappa shape index (κ1) is 14.4. The second-order valence-corrected chi connectivity index (χ2v) is 5.60. The predicted octanol–water partition coefficient (Wildman–Crippen LogP) is 3.63. The molecule has 1 saturated carbocycles. The van der Waals surface area contributed by atoms with Gasteiger partial charge in [0.2, 0.25) is 0 Å². The van der Waals surface area contributed by atoms with Crippen molar-refractivity contribution >= 4 is 11.0 Å². The number of hydrogen-bond donors (Lipinski definition) is 1. The van der Waals surface area contributed by atoms with Crippen LogP contribution in [0.25, 0.3) is 11.0 Å². The van der Waals surface area contributed by atoms with Gasteiger partial charge < -0.3 is 9.88 Å². The Labute approximate surface area is 121 Å². The fourth-order valence-corrected chi connectivity index (χ4v) is 2.50. The summed E-state index contributed by atoms with van der Waals surface area (Å²) in [6, 6.07) is 4.44. The topological polar surface area (TPSA) is 29.9 Å². The molecule has 0 bridgehead atoms. The van der Waals surface area contributed by atoms with E-state index in [1.54, 1.807) is 6.20 Å². The molecular weight excluding hydrogens is 279 g/mol. The van der Waals surface area contributed by atoms with Gasteiger partial charge in [-0.2, -0.15) is 13.2 Å². The Morgan fingerprint density at radius 1 is 1.33 bits per heavy atom. The highest BCUT2D eigenvalue weighted by atomic mass is 19.4. The summed E-state index contributed by atoms with van der Waals surface area (Å²) in [5.41, 5.74) is 1.88. The zero-order chi connectivity index (χ0) is 14.9. The summed E-state index contributed by atoms with van der Waals surface area (Å²) in [6.07, 6.45) is 1.27. The molecule has 114 valence electrons. The first-order chi connectivity index (χ1) is 10.0. The minimum absolute atomic E-state index is 0.0827. The Morgan fingerprint density at radius 3 is 2.86 bits per heavy atom. The Hall–Kier alpha value is -1.56. The minimum atomic E-state index is -4.09. The largest absolute Gasteiger partial charge is 0.389 e. The van der Waals surface area contributed by atoms with E-state index in [0.29, 0.717) is 12.6 Å². The predicted molar refractivity (Wildman–Crippen MR) is 74.9 cm³/mol. The third kappa shape index (κ3) is 3.75. The van der Waals surface area contributed by atoms with Crippen LogP contribution in [0.15, 0.2) is 24.5 Å². The van der Waals surface area contributed by atoms with E-state index in [0.717, 1.165) is 23.1 Å². The Morgan fingerprint density at radius 2 is 2.14 bits per heavy atom. The van der Waals surface area contributed by atoms with Crippen LogP contribution in [0.5, 0.6) is 0 Å². The van der Waals surface area contributed by atoms with E-state index in [1.165, 1.54) is 12.8 Å². The first-order valence-corrected chi connectivity index (χ1v) is 7.26. The molecule has 1 N–H and O–H groups in total. The van der Waals surface area contributed by atoms with Gasteiger partial charge in [-0.15, -0.1) is 0 Å². The molecule has 0 amide bonds. The highest BCUT2D eigenvalue weighted by Gasteiger charge is 2.26. The zero-order valence-electron chi connectivity index (χ0n) is 11.7. The molecule has 21 heavy (non-hydrogen) atoms. The Bertz CT molecular complexity index is 614. The van der Waals surface area contributed by atoms with Crippen molar-refractivity contribution in [1.29, 1.82) is 0 Å². The van der Waals surface area contributed by atoms with Crippen LogP contribution in [0.4, 0.5) is 13.2 Å². The van der Waals surface area contributed by atoms with Gasteiger partial charge in [0.25, 0.3) is 0 Å². The van der Waals surface area contributed by atoms with Crippen molar-refractivity contribution in [3.05, 3.63) is 30.1 Å². The van der Waals surface area contributed by atoms with E-state index < -0.39 is 12.6 Å². The van der Waals surface area contributed by atoms with Crippen LogP contribution in [0.2, 0.25) is 0 Å². The van der Waals surface area contributed by atoms with Gasteiger partial charge in [-0.25, -0.2) is 4.98 Å². The van der Waals surface area contributed by atoms with Crippen molar-refractivity contribution in [3.8, 4) is 0 Å². The van der Waals surface area contributed by atoms with Gasteiger partial charge in [0.15, 0.2) is 0 Å². The number of rotatable bonds is 6. The fourth-order valence-electron chi connectivity index (χ4n) is 2.50. The van der Waals surface area contributed by atoms with E-state index in [9.17, 15) is 13.2 Å². The molecular formula is C15H18F3N3. The molecule has 0 atom stereocenters. The van der Waals surface area contributed by atoms with Gasteiger partial charge in [0.1, 0.15) is 5.65 Å². The molecule has 0 saturated heterocycles. The number of pyridine rings is 1. The summed E-state index contributed by atoms with van der Waals surface area (Å²) in [6.45, 7) is 1.09. The van der Waals surface area contributed by atoms with Crippen LogP contribution < -0.4 is 5.32 Å². The molecule has 1 aliphatic carbocycles. The van der Waals surface area contributed by atoms with Crippen molar-refractivity contribution in [2.24, 2.45) is 0 Å². The van der Waals surface area contributed by atoms with Crippen LogP contribution in [-0.4, -0.2) is 21.8 Å². The lowest BCUT2D eigenvalue weighted by Crippen LogP contribution is -2.15. The second kappa shape index (κ2) is 5.67. The Kier molecular flexibility index (Phi) is 3.89. The standard InChI is InChI=1S/C15H18F3N3/c16-15(17,18)6-2-8-21-10-11(9-20-12-4-5-12)13-3-1-7-19-14(13)21/h1,3,7,10,12,20H,2,4-6,8-9H2. The highest BCUT2D eigenvalue weighted by Crippen LogP contribution is 2.25. The number of aryl methyl sites for hydroxylation is 1. The van der Waals surface area contributed by atoms with E-state index in [-0.39, 0.29) is 6.42 Å². The lowest BCUT2D eigenvalue weighted by Gasteiger charge is -2.07. The van der Waals surface area contributed by atoms with E-state index in [1.807, 2.05) is 22.9 Å². The molecule has 0 unspecified atom stereocenters. The SMILES string of the molecule is FC(F)(F)CCCn1cc(CNC2CC2)c2cccnc21. The number of fused-ring (bicyclic) bond motifs is 1. The number of alkyl halides is 3. The summed E-state index contributed by atoms with van der Waals surface area (Å²) < 4.78 is 38.6. The number of nitrogens with zero attached hydrogens (tertiary/aromatic N) is 2. The van der Waals surface area contributed by atoms with Crippen LogP contribution in [0, 0.1) is 0 Å². The summed E-state index contributed by atoms with van der Waals surface area (Å²) in [5, 5.41) is 4.46. The molecule has 2 heterocycles. The molecule has 1 fully saturated rings. The number of halogens is 3. The molecule has 0 spiro atoms.